The zero-order valence-electron chi connectivity index (χ0n) is 20.9. The number of aliphatic hydroxyl groups excluding tert-OH is 2. The first-order valence-electron chi connectivity index (χ1n) is 12.3. The van der Waals surface area contributed by atoms with E-state index in [1.807, 2.05) is 0 Å². The molecular formula is C26H29F2N3O7. The number of nitrogens with two attached hydrogens (primary N) is 1. The van der Waals surface area contributed by atoms with Crippen molar-refractivity contribution in [3.63, 3.8) is 0 Å². The van der Waals surface area contributed by atoms with Crippen LogP contribution in [0.1, 0.15) is 29.5 Å². The zero-order chi connectivity index (χ0) is 27.9. The van der Waals surface area contributed by atoms with E-state index in [-0.39, 0.29) is 49.2 Å². The number of primary amides is 1. The van der Waals surface area contributed by atoms with Gasteiger partial charge in [-0.2, -0.15) is 0 Å². The standard InChI is InChI=1S/C26H29F2N3O7/c1-30(2)19-14-8-12-7-13-11(9-31-6-5-25(27,28)10-31)3-4-15(32)17(13)20(33)16(12)22(35)26(14,38)23(36)18(21(19)34)24(29)37/h3-4,12,14,19,32-33,36,38H,5-10H2,1-2H3,(H2,29,37)/t12-,14-,19-,26-/m0/s1. The maximum Gasteiger partial charge on any atom is 0.261 e. The molecule has 4 atom stereocenters. The molecule has 1 saturated heterocycles. The fraction of sp³-hybridized carbons (Fsp3) is 0.500. The van der Waals surface area contributed by atoms with Crippen molar-refractivity contribution < 1.29 is 43.6 Å². The van der Waals surface area contributed by atoms with Crippen LogP contribution in [0.3, 0.4) is 0 Å². The third-order valence-electron chi connectivity index (χ3n) is 8.34. The molecule has 5 rings (SSSR count). The van der Waals surface area contributed by atoms with Gasteiger partial charge in [0.1, 0.15) is 22.8 Å². The number of halogens is 2. The Morgan fingerprint density at radius 3 is 2.47 bits per heavy atom. The molecule has 6 N–H and O–H groups in total. The molecule has 10 nitrogen and oxygen atoms in total. The molecule has 2 fully saturated rings. The number of carbonyl (C=O) groups is 3. The molecule has 12 heteroatoms. The van der Waals surface area contributed by atoms with Crippen molar-refractivity contribution >= 4 is 23.2 Å². The fourth-order valence-electron chi connectivity index (χ4n) is 6.64. The number of nitrogens with zero attached hydrogens (tertiary/aromatic N) is 2. The summed E-state index contributed by atoms with van der Waals surface area (Å²) >= 11 is 0. The summed E-state index contributed by atoms with van der Waals surface area (Å²) in [5, 5.41) is 44.3. The molecule has 3 aliphatic carbocycles. The first-order chi connectivity index (χ1) is 17.7. The normalized spacial score (nSPS) is 30.9. The lowest BCUT2D eigenvalue weighted by molar-refractivity contribution is -0.153. The highest BCUT2D eigenvalue weighted by Crippen LogP contribution is 2.53. The summed E-state index contributed by atoms with van der Waals surface area (Å²) < 4.78 is 27.6. The molecule has 0 unspecified atom stereocenters. The summed E-state index contributed by atoms with van der Waals surface area (Å²) in [6.07, 6.45) is -0.199. The maximum atomic E-state index is 13.8. The van der Waals surface area contributed by atoms with Crippen LogP contribution in [0.25, 0.3) is 5.76 Å². The van der Waals surface area contributed by atoms with Crippen LogP contribution in [0, 0.1) is 11.8 Å². The molecule has 1 amide bonds. The number of amides is 1. The van der Waals surface area contributed by atoms with E-state index in [2.05, 4.69) is 0 Å². The van der Waals surface area contributed by atoms with Gasteiger partial charge in [-0.3, -0.25) is 24.2 Å². The van der Waals surface area contributed by atoms with Gasteiger partial charge < -0.3 is 26.2 Å². The number of fused-ring (bicyclic) bond motifs is 3. The highest BCUT2D eigenvalue weighted by atomic mass is 19.3. The summed E-state index contributed by atoms with van der Waals surface area (Å²) in [4.78, 5) is 42.0. The van der Waals surface area contributed by atoms with Gasteiger partial charge in [0, 0.05) is 31.0 Å². The number of rotatable bonds is 4. The second-order valence-corrected chi connectivity index (χ2v) is 10.9. The van der Waals surface area contributed by atoms with Crippen molar-refractivity contribution in [1.29, 1.82) is 0 Å². The molecule has 4 aliphatic rings. The number of phenols is 1. The van der Waals surface area contributed by atoms with Crippen LogP contribution in [0.5, 0.6) is 5.75 Å². The molecule has 0 bridgehead atoms. The SMILES string of the molecule is CN(C)[C@@H]1C(=O)C(C(N)=O)=C(O)[C@@]2(O)C(=O)C3=C(O)c4c(O)ccc(CN5CCC(F)(F)C5)c4C[C@H]3C[C@@H]12. The van der Waals surface area contributed by atoms with Crippen molar-refractivity contribution in [1.82, 2.24) is 9.80 Å². The van der Waals surface area contributed by atoms with Crippen LogP contribution >= 0.6 is 0 Å². The quantitative estimate of drug-likeness (QED) is 0.352. The largest absolute Gasteiger partial charge is 0.508 e. The maximum absolute atomic E-state index is 13.8. The van der Waals surface area contributed by atoms with Gasteiger partial charge in [-0.05, 0) is 50.0 Å². The number of Topliss-reactive ketones (excluding diaryl/α,β-unsaturated/α-hetero) is 2. The number of likely N-dealkylation sites (N-methyl/N-ethyl adjacent to an activating group) is 1. The Morgan fingerprint density at radius 2 is 1.89 bits per heavy atom. The van der Waals surface area contributed by atoms with Crippen molar-refractivity contribution in [3.05, 3.63) is 45.7 Å². The van der Waals surface area contributed by atoms with Crippen LogP contribution in [0.15, 0.2) is 29.0 Å². The van der Waals surface area contributed by atoms with Gasteiger partial charge in [-0.1, -0.05) is 6.07 Å². The number of hydrogen-bond donors (Lipinski definition) is 5. The Kier molecular flexibility index (Phi) is 5.93. The average molecular weight is 534 g/mol. The van der Waals surface area contributed by atoms with Gasteiger partial charge in [0.05, 0.1) is 18.2 Å². The minimum absolute atomic E-state index is 0.0390. The average Bonchev–Trinajstić information content (AvgIpc) is 3.15. The van der Waals surface area contributed by atoms with Gasteiger partial charge >= 0.3 is 0 Å². The summed E-state index contributed by atoms with van der Waals surface area (Å²) in [5.74, 6) is -10.0. The minimum atomic E-state index is -2.81. The molecule has 38 heavy (non-hydrogen) atoms. The Morgan fingerprint density at radius 1 is 1.21 bits per heavy atom. The Balaban J connectivity index is 1.64. The molecule has 1 heterocycles. The predicted octanol–water partition coefficient (Wildman–Crippen LogP) is 0.805. The Bertz CT molecular complexity index is 1340. The van der Waals surface area contributed by atoms with E-state index < -0.39 is 70.5 Å². The van der Waals surface area contributed by atoms with Gasteiger partial charge in [0.2, 0.25) is 5.78 Å². The van der Waals surface area contributed by atoms with E-state index in [9.17, 15) is 43.6 Å². The first-order valence-corrected chi connectivity index (χ1v) is 12.3. The lowest BCUT2D eigenvalue weighted by atomic mass is 9.57. The summed E-state index contributed by atoms with van der Waals surface area (Å²) in [6.45, 7) is -0.112. The minimum Gasteiger partial charge on any atom is -0.508 e. The number of phenolic OH excluding ortho intramolecular Hbond substituents is 1. The molecule has 204 valence electrons. The van der Waals surface area contributed by atoms with Crippen LogP contribution < -0.4 is 5.73 Å². The lowest BCUT2D eigenvalue weighted by Gasteiger charge is -2.50. The van der Waals surface area contributed by atoms with E-state index in [1.165, 1.54) is 25.1 Å². The molecule has 0 spiro atoms. The molecule has 1 saturated carbocycles. The van der Waals surface area contributed by atoms with Gasteiger partial charge in [0.25, 0.3) is 11.8 Å². The van der Waals surface area contributed by atoms with Crippen LogP contribution in [-0.4, -0.2) is 92.4 Å². The number of aromatic hydroxyl groups is 1. The van der Waals surface area contributed by atoms with E-state index in [1.54, 1.807) is 11.0 Å². The van der Waals surface area contributed by atoms with E-state index in [0.29, 0.717) is 11.1 Å². The highest BCUT2D eigenvalue weighted by Gasteiger charge is 2.64. The molecule has 1 aromatic rings. The monoisotopic (exact) mass is 533 g/mol. The second-order valence-electron chi connectivity index (χ2n) is 10.9. The van der Waals surface area contributed by atoms with Gasteiger partial charge in [-0.25, -0.2) is 8.78 Å². The van der Waals surface area contributed by atoms with Crippen molar-refractivity contribution in [2.24, 2.45) is 17.6 Å². The number of likely N-dealkylation sites (tertiary alicyclic amines) is 1. The van der Waals surface area contributed by atoms with Crippen LogP contribution in [0.2, 0.25) is 0 Å². The number of aliphatic hydroxyl groups is 3. The summed E-state index contributed by atoms with van der Waals surface area (Å²) in [5.41, 5.74) is 2.50. The highest BCUT2D eigenvalue weighted by molar-refractivity contribution is 6.24. The van der Waals surface area contributed by atoms with E-state index in [4.69, 9.17) is 5.73 Å². The van der Waals surface area contributed by atoms with Crippen molar-refractivity contribution in [2.75, 3.05) is 27.2 Å². The van der Waals surface area contributed by atoms with E-state index >= 15 is 0 Å². The summed E-state index contributed by atoms with van der Waals surface area (Å²) in [7, 11) is 3.05. The zero-order valence-corrected chi connectivity index (χ0v) is 20.9. The van der Waals surface area contributed by atoms with Gasteiger partial charge in [0.15, 0.2) is 11.4 Å². The molecule has 1 aliphatic heterocycles. The number of alkyl halides is 2. The smallest absolute Gasteiger partial charge is 0.261 e. The second kappa shape index (κ2) is 8.58. The fourth-order valence-corrected chi connectivity index (χ4v) is 6.64. The van der Waals surface area contributed by atoms with Crippen LogP contribution in [0.4, 0.5) is 8.78 Å². The van der Waals surface area contributed by atoms with Gasteiger partial charge in [-0.15, -0.1) is 0 Å². The van der Waals surface area contributed by atoms with Crippen molar-refractivity contribution in [3.8, 4) is 5.75 Å². The molecule has 0 aromatic heterocycles. The number of hydrogen-bond acceptors (Lipinski definition) is 9. The number of benzene rings is 1. The Hall–Kier alpha value is -3.35. The molecule has 0 radical (unpaired) electrons. The topological polar surface area (TPSA) is 165 Å². The molecular weight excluding hydrogens is 504 g/mol. The third-order valence-corrected chi connectivity index (χ3v) is 8.34. The Labute approximate surface area is 216 Å². The lowest BCUT2D eigenvalue weighted by Crippen LogP contribution is -2.65. The predicted molar refractivity (Wildman–Crippen MR) is 129 cm³/mol. The van der Waals surface area contributed by atoms with E-state index in [0.717, 1.165) is 0 Å². The first kappa shape index (κ1) is 26.3. The summed E-state index contributed by atoms with van der Waals surface area (Å²) in [6, 6.07) is 1.71. The van der Waals surface area contributed by atoms with Crippen molar-refractivity contribution in [2.45, 2.75) is 43.4 Å². The number of ketones is 2. The molecule has 1 aromatic carbocycles. The number of carbonyl (C=O) groups excluding carboxylic acids is 3. The third kappa shape index (κ3) is 3.65. The van der Waals surface area contributed by atoms with Crippen LogP contribution in [-0.2, 0) is 27.3 Å².